The van der Waals surface area contributed by atoms with E-state index in [0.29, 0.717) is 13.2 Å². The van der Waals surface area contributed by atoms with Crippen LogP contribution in [0.15, 0.2) is 0 Å². The van der Waals surface area contributed by atoms with Crippen molar-refractivity contribution in [2.45, 2.75) is 12.5 Å². The molecule has 11 heavy (non-hydrogen) atoms. The molecule has 1 amide bonds. The van der Waals surface area contributed by atoms with Crippen molar-refractivity contribution in [1.82, 2.24) is 5.32 Å². The van der Waals surface area contributed by atoms with E-state index in [-0.39, 0.29) is 18.6 Å². The van der Waals surface area contributed by atoms with Crippen LogP contribution < -0.4 is 5.32 Å². The highest BCUT2D eigenvalue weighted by molar-refractivity contribution is 5.78. The topological polar surface area (TPSA) is 47.6 Å². The molecular weight excluding hydrogens is 146 g/mol. The van der Waals surface area contributed by atoms with Crippen molar-refractivity contribution in [1.29, 1.82) is 0 Å². The molecule has 0 spiro atoms. The zero-order valence-electron chi connectivity index (χ0n) is 6.63. The number of hydrogen-bond donors (Lipinski definition) is 1. The van der Waals surface area contributed by atoms with Crippen molar-refractivity contribution >= 4 is 5.91 Å². The van der Waals surface area contributed by atoms with E-state index in [1.54, 1.807) is 7.11 Å². The Bertz CT molecular complexity index is 138. The number of carbonyl (C=O) groups is 1. The van der Waals surface area contributed by atoms with Gasteiger partial charge in [0, 0.05) is 13.7 Å². The summed E-state index contributed by atoms with van der Waals surface area (Å²) < 4.78 is 9.90. The number of carbonyl (C=O) groups excluding carboxylic acids is 1. The normalized spacial score (nSPS) is 24.8. The molecule has 0 bridgehead atoms. The van der Waals surface area contributed by atoms with Gasteiger partial charge in [0.15, 0.2) is 0 Å². The second-order valence-electron chi connectivity index (χ2n) is 2.56. The van der Waals surface area contributed by atoms with Crippen molar-refractivity contribution in [3.05, 3.63) is 0 Å². The molecule has 4 nitrogen and oxygen atoms in total. The number of rotatable bonds is 3. The van der Waals surface area contributed by atoms with Crippen molar-refractivity contribution in [2.24, 2.45) is 0 Å². The van der Waals surface area contributed by atoms with E-state index >= 15 is 0 Å². The molecule has 0 aromatic heterocycles. The van der Waals surface area contributed by atoms with Crippen molar-refractivity contribution < 1.29 is 14.3 Å². The summed E-state index contributed by atoms with van der Waals surface area (Å²) in [6.45, 7) is 1.47. The summed E-state index contributed by atoms with van der Waals surface area (Å²) in [5, 5.41) is 2.81. The zero-order valence-corrected chi connectivity index (χ0v) is 6.63. The van der Waals surface area contributed by atoms with E-state index in [4.69, 9.17) is 9.47 Å². The van der Waals surface area contributed by atoms with Crippen molar-refractivity contribution in [3.8, 4) is 0 Å². The number of ether oxygens (including phenoxy) is 2. The fourth-order valence-electron chi connectivity index (χ4n) is 1.02. The minimum absolute atomic E-state index is 0.0302. The third-order valence-corrected chi connectivity index (χ3v) is 1.59. The molecule has 0 aromatic carbocycles. The average Bonchev–Trinajstić information content (AvgIpc) is 2.01. The molecule has 1 N–H and O–H groups in total. The van der Waals surface area contributed by atoms with Gasteiger partial charge in [0.05, 0.1) is 12.6 Å². The summed E-state index contributed by atoms with van der Waals surface area (Å²) in [7, 11) is 1.64. The number of hydrogen-bond acceptors (Lipinski definition) is 3. The lowest BCUT2D eigenvalue weighted by Crippen LogP contribution is -2.45. The predicted molar refractivity (Wildman–Crippen MR) is 39.2 cm³/mol. The summed E-state index contributed by atoms with van der Waals surface area (Å²) in [5.41, 5.74) is 0. The highest BCUT2D eigenvalue weighted by Gasteiger charge is 2.17. The molecule has 1 heterocycles. The van der Waals surface area contributed by atoms with Crippen LogP contribution in [0.25, 0.3) is 0 Å². The van der Waals surface area contributed by atoms with E-state index in [2.05, 4.69) is 5.32 Å². The monoisotopic (exact) mass is 159 g/mol. The molecule has 1 aliphatic rings. The van der Waals surface area contributed by atoms with Crippen molar-refractivity contribution in [2.75, 3.05) is 26.9 Å². The molecule has 4 heteroatoms. The molecule has 1 aliphatic heterocycles. The Morgan fingerprint density at radius 2 is 2.64 bits per heavy atom. The summed E-state index contributed by atoms with van der Waals surface area (Å²) in [6, 6.07) is 0.135. The molecule has 0 aliphatic carbocycles. The second-order valence-corrected chi connectivity index (χ2v) is 2.56. The van der Waals surface area contributed by atoms with E-state index in [1.807, 2.05) is 0 Å². The zero-order chi connectivity index (χ0) is 8.10. The lowest BCUT2D eigenvalue weighted by Gasteiger charge is -2.22. The van der Waals surface area contributed by atoms with Crippen LogP contribution in [0.4, 0.5) is 0 Å². The summed E-state index contributed by atoms with van der Waals surface area (Å²) in [4.78, 5) is 10.8. The van der Waals surface area contributed by atoms with Crippen LogP contribution in [0.3, 0.4) is 0 Å². The van der Waals surface area contributed by atoms with Crippen LogP contribution in [0.5, 0.6) is 0 Å². The van der Waals surface area contributed by atoms with Crippen LogP contribution in [0.1, 0.15) is 6.42 Å². The molecule has 1 unspecified atom stereocenters. The molecule has 1 rings (SSSR count). The quantitative estimate of drug-likeness (QED) is 0.606. The first kappa shape index (κ1) is 8.49. The van der Waals surface area contributed by atoms with Gasteiger partial charge >= 0.3 is 0 Å². The minimum Gasteiger partial charge on any atom is -0.385 e. The SMILES string of the molecule is COCCC1COCC(=O)N1. The van der Waals surface area contributed by atoms with Crippen LogP contribution in [-0.4, -0.2) is 38.9 Å². The maximum Gasteiger partial charge on any atom is 0.246 e. The Labute approximate surface area is 65.9 Å². The number of morpholine rings is 1. The van der Waals surface area contributed by atoms with Crippen LogP contribution in [0, 0.1) is 0 Å². The van der Waals surface area contributed by atoms with Gasteiger partial charge < -0.3 is 14.8 Å². The van der Waals surface area contributed by atoms with E-state index in [0.717, 1.165) is 6.42 Å². The molecule has 0 radical (unpaired) electrons. The van der Waals surface area contributed by atoms with E-state index in [1.165, 1.54) is 0 Å². The summed E-state index contributed by atoms with van der Waals surface area (Å²) >= 11 is 0. The fraction of sp³-hybridized carbons (Fsp3) is 0.857. The third kappa shape index (κ3) is 2.86. The highest BCUT2D eigenvalue weighted by Crippen LogP contribution is 1.98. The maximum absolute atomic E-state index is 10.8. The first-order valence-electron chi connectivity index (χ1n) is 3.69. The Hall–Kier alpha value is -0.610. The molecular formula is C7H13NO3. The van der Waals surface area contributed by atoms with Gasteiger partial charge in [-0.3, -0.25) is 4.79 Å². The van der Waals surface area contributed by atoms with Gasteiger partial charge in [0.2, 0.25) is 5.91 Å². The number of nitrogens with one attached hydrogen (secondary N) is 1. The lowest BCUT2D eigenvalue weighted by atomic mass is 10.2. The summed E-state index contributed by atoms with van der Waals surface area (Å²) in [6.07, 6.45) is 0.822. The van der Waals surface area contributed by atoms with Gasteiger partial charge in [-0.1, -0.05) is 0 Å². The standard InChI is InChI=1S/C7H13NO3/c1-10-3-2-6-4-11-5-7(9)8-6/h6H,2-5H2,1H3,(H,8,9). The van der Waals surface area contributed by atoms with Crippen LogP contribution in [-0.2, 0) is 14.3 Å². The van der Waals surface area contributed by atoms with Gasteiger partial charge in [-0.25, -0.2) is 0 Å². The molecule has 64 valence electrons. The largest absolute Gasteiger partial charge is 0.385 e. The minimum atomic E-state index is -0.0302. The number of amides is 1. The molecule has 0 saturated carbocycles. The molecule has 0 aromatic rings. The Morgan fingerprint density at radius 1 is 1.82 bits per heavy atom. The van der Waals surface area contributed by atoms with Gasteiger partial charge in [-0.2, -0.15) is 0 Å². The predicted octanol–water partition coefficient (Wildman–Crippen LogP) is -0.462. The number of methoxy groups -OCH3 is 1. The second kappa shape index (κ2) is 4.31. The van der Waals surface area contributed by atoms with E-state index in [9.17, 15) is 4.79 Å². The van der Waals surface area contributed by atoms with E-state index < -0.39 is 0 Å². The van der Waals surface area contributed by atoms with Gasteiger partial charge in [0.25, 0.3) is 0 Å². The van der Waals surface area contributed by atoms with Gasteiger partial charge in [-0.15, -0.1) is 0 Å². The van der Waals surface area contributed by atoms with Crippen LogP contribution in [0.2, 0.25) is 0 Å². The lowest BCUT2D eigenvalue weighted by molar-refractivity contribution is -0.131. The average molecular weight is 159 g/mol. The van der Waals surface area contributed by atoms with Gasteiger partial charge in [-0.05, 0) is 6.42 Å². The Balaban J connectivity index is 2.17. The highest BCUT2D eigenvalue weighted by atomic mass is 16.5. The van der Waals surface area contributed by atoms with Gasteiger partial charge in [0.1, 0.15) is 6.61 Å². The fourth-order valence-corrected chi connectivity index (χ4v) is 1.02. The maximum atomic E-state index is 10.8. The molecule has 1 saturated heterocycles. The molecule has 1 fully saturated rings. The summed E-state index contributed by atoms with van der Waals surface area (Å²) in [5.74, 6) is -0.0302. The third-order valence-electron chi connectivity index (χ3n) is 1.59. The Morgan fingerprint density at radius 3 is 3.27 bits per heavy atom. The first-order valence-corrected chi connectivity index (χ1v) is 3.69. The smallest absolute Gasteiger partial charge is 0.246 e. The first-order chi connectivity index (χ1) is 5.33. The van der Waals surface area contributed by atoms with Crippen molar-refractivity contribution in [3.63, 3.8) is 0 Å². The molecule has 1 atom stereocenters. The Kier molecular flexibility index (Phi) is 3.32. The van der Waals surface area contributed by atoms with Crippen LogP contribution >= 0.6 is 0 Å².